The second-order valence-electron chi connectivity index (χ2n) is 6.50. The second kappa shape index (κ2) is 7.11. The summed E-state index contributed by atoms with van der Waals surface area (Å²) in [5.74, 6) is 0.469. The van der Waals surface area contributed by atoms with Crippen LogP contribution < -0.4 is 5.32 Å². The molecule has 0 radical (unpaired) electrons. The lowest BCUT2D eigenvalue weighted by molar-refractivity contribution is 0.0942. The van der Waals surface area contributed by atoms with Crippen molar-refractivity contribution < 1.29 is 4.79 Å². The van der Waals surface area contributed by atoms with E-state index in [9.17, 15) is 4.79 Å². The smallest absolute Gasteiger partial charge is 0.269 e. The van der Waals surface area contributed by atoms with Crippen LogP contribution in [0.25, 0.3) is 11.1 Å². The molecule has 0 atom stereocenters. The average molecular weight is 350 g/mol. The molecule has 1 amide bonds. The molecule has 3 aromatic rings. The molecule has 3 aromatic heterocycles. The molecule has 1 N–H and O–H groups in total. The number of hydrogen-bond donors (Lipinski definition) is 1. The first-order chi connectivity index (χ1) is 12.8. The number of aryl methyl sites for hydroxylation is 1. The van der Waals surface area contributed by atoms with E-state index in [-0.39, 0.29) is 5.91 Å². The second-order valence-corrected chi connectivity index (χ2v) is 6.50. The molecule has 1 fully saturated rings. The van der Waals surface area contributed by atoms with E-state index in [2.05, 4.69) is 20.4 Å². The predicted octanol–water partition coefficient (Wildman–Crippen LogP) is 2.47. The highest BCUT2D eigenvalue weighted by molar-refractivity contribution is 5.92. The molecular weight excluding hydrogens is 328 g/mol. The summed E-state index contributed by atoms with van der Waals surface area (Å²) < 4.78 is 3.87. The lowest BCUT2D eigenvalue weighted by Crippen LogP contribution is -2.29. The van der Waals surface area contributed by atoms with Crippen LogP contribution in [0.2, 0.25) is 0 Å². The minimum absolute atomic E-state index is 0.0983. The maximum atomic E-state index is 12.3. The Morgan fingerprint density at radius 2 is 2.04 bits per heavy atom. The lowest BCUT2D eigenvalue weighted by Gasteiger charge is -2.11. The Bertz CT molecular complexity index is 894. The van der Waals surface area contributed by atoms with E-state index in [0.29, 0.717) is 24.7 Å². The molecule has 1 aliphatic rings. The number of amides is 1. The topological polar surface area (TPSA) is 77.6 Å². The monoisotopic (exact) mass is 350 g/mol. The Kier molecular flexibility index (Phi) is 4.51. The van der Waals surface area contributed by atoms with Crippen molar-refractivity contribution in [1.82, 2.24) is 29.6 Å². The highest BCUT2D eigenvalue weighted by Crippen LogP contribution is 2.44. The predicted molar refractivity (Wildman–Crippen MR) is 97.7 cm³/mol. The van der Waals surface area contributed by atoms with Crippen molar-refractivity contribution in [2.45, 2.75) is 38.8 Å². The number of carbonyl (C=O) groups excluding carboxylic acids is 1. The minimum atomic E-state index is -0.0983. The average Bonchev–Trinajstić information content (AvgIpc) is 3.24. The third kappa shape index (κ3) is 3.24. The summed E-state index contributed by atoms with van der Waals surface area (Å²) in [7, 11) is 0. The number of nitrogens with one attached hydrogen (secondary N) is 1. The zero-order valence-corrected chi connectivity index (χ0v) is 14.8. The van der Waals surface area contributed by atoms with Gasteiger partial charge in [-0.1, -0.05) is 0 Å². The number of imidazole rings is 1. The Morgan fingerprint density at radius 3 is 2.77 bits per heavy atom. The molecule has 0 unspecified atom stereocenters. The highest BCUT2D eigenvalue weighted by atomic mass is 16.1. The van der Waals surface area contributed by atoms with Crippen LogP contribution in [0.1, 0.15) is 41.9 Å². The summed E-state index contributed by atoms with van der Waals surface area (Å²) in [5.41, 5.74) is 4.17. The Balaban J connectivity index is 1.46. The molecule has 0 spiro atoms. The van der Waals surface area contributed by atoms with Crippen molar-refractivity contribution >= 4 is 5.91 Å². The van der Waals surface area contributed by atoms with E-state index in [4.69, 9.17) is 0 Å². The number of rotatable bonds is 7. The molecule has 0 bridgehead atoms. The van der Waals surface area contributed by atoms with Crippen molar-refractivity contribution in [2.24, 2.45) is 0 Å². The van der Waals surface area contributed by atoms with Crippen LogP contribution >= 0.6 is 0 Å². The van der Waals surface area contributed by atoms with Gasteiger partial charge >= 0.3 is 0 Å². The zero-order chi connectivity index (χ0) is 17.9. The third-order valence-corrected chi connectivity index (χ3v) is 4.73. The number of carbonyl (C=O) groups is 1. The summed E-state index contributed by atoms with van der Waals surface area (Å²) in [5, 5.41) is 7.55. The first kappa shape index (κ1) is 16.5. The largest absolute Gasteiger partial charge is 0.349 e. The molecule has 134 valence electrons. The summed E-state index contributed by atoms with van der Waals surface area (Å²) in [6.45, 7) is 3.90. The van der Waals surface area contributed by atoms with E-state index < -0.39 is 0 Å². The van der Waals surface area contributed by atoms with Crippen LogP contribution in [0.15, 0.2) is 43.2 Å². The van der Waals surface area contributed by atoms with Crippen molar-refractivity contribution in [1.29, 1.82) is 0 Å². The summed E-state index contributed by atoms with van der Waals surface area (Å²) >= 11 is 0. The Morgan fingerprint density at radius 1 is 1.23 bits per heavy atom. The molecule has 7 heteroatoms. The highest BCUT2D eigenvalue weighted by Gasteiger charge is 2.30. The minimum Gasteiger partial charge on any atom is -0.349 e. The first-order valence-electron chi connectivity index (χ1n) is 9.02. The maximum Gasteiger partial charge on any atom is 0.269 e. The van der Waals surface area contributed by atoms with E-state index >= 15 is 0 Å². The van der Waals surface area contributed by atoms with E-state index in [1.54, 1.807) is 24.9 Å². The Labute approximate surface area is 152 Å². The van der Waals surface area contributed by atoms with Crippen LogP contribution in [0.5, 0.6) is 0 Å². The molecule has 4 rings (SSSR count). The van der Waals surface area contributed by atoms with Crippen LogP contribution in [-0.4, -0.2) is 36.8 Å². The summed E-state index contributed by atoms with van der Waals surface area (Å²) in [6, 6.07) is 4.03. The molecule has 0 aliphatic heterocycles. The molecule has 3 heterocycles. The van der Waals surface area contributed by atoms with Crippen molar-refractivity contribution in [3.63, 3.8) is 0 Å². The molecule has 26 heavy (non-hydrogen) atoms. The van der Waals surface area contributed by atoms with Crippen LogP contribution in [0.3, 0.4) is 0 Å². The van der Waals surface area contributed by atoms with E-state index in [1.165, 1.54) is 24.1 Å². The molecule has 1 saturated carbocycles. The van der Waals surface area contributed by atoms with Gasteiger partial charge in [0.25, 0.3) is 5.91 Å². The van der Waals surface area contributed by atoms with E-state index in [0.717, 1.165) is 12.1 Å². The summed E-state index contributed by atoms with van der Waals surface area (Å²) in [6.07, 6.45) is 11.2. The molecule has 0 saturated heterocycles. The van der Waals surface area contributed by atoms with Gasteiger partial charge in [0.2, 0.25) is 0 Å². The fourth-order valence-electron chi connectivity index (χ4n) is 3.24. The molecule has 1 aliphatic carbocycles. The molecule has 7 nitrogen and oxygen atoms in total. The fraction of sp³-hybridized carbons (Fsp3) is 0.368. The van der Waals surface area contributed by atoms with Crippen molar-refractivity contribution in [2.75, 3.05) is 6.54 Å². The van der Waals surface area contributed by atoms with Gasteiger partial charge in [-0.3, -0.25) is 14.5 Å². The normalized spacial score (nSPS) is 13.7. The van der Waals surface area contributed by atoms with E-state index in [1.807, 2.05) is 34.5 Å². The number of nitrogens with zero attached hydrogens (tertiary/aromatic N) is 5. The third-order valence-electron chi connectivity index (χ3n) is 4.73. The lowest BCUT2D eigenvalue weighted by atomic mass is 10.1. The van der Waals surface area contributed by atoms with Gasteiger partial charge in [0.05, 0.1) is 25.3 Å². The maximum absolute atomic E-state index is 12.3. The SMILES string of the molecule is CCn1cncc1C(=O)NCCn1ncc(-c2ccncc2)c1C1CC1. The van der Waals surface area contributed by atoms with Gasteiger partial charge in [-0.05, 0) is 37.5 Å². The molecule has 0 aromatic carbocycles. The fourth-order valence-corrected chi connectivity index (χ4v) is 3.24. The van der Waals surface area contributed by atoms with Gasteiger partial charge in [0, 0.05) is 42.7 Å². The van der Waals surface area contributed by atoms with Gasteiger partial charge < -0.3 is 9.88 Å². The van der Waals surface area contributed by atoms with Crippen LogP contribution in [-0.2, 0) is 13.1 Å². The molecular formula is C19H22N6O. The first-order valence-corrected chi connectivity index (χ1v) is 9.02. The zero-order valence-electron chi connectivity index (χ0n) is 14.8. The van der Waals surface area contributed by atoms with Gasteiger partial charge in [0.15, 0.2) is 0 Å². The number of pyridine rings is 1. The Hall–Kier alpha value is -2.96. The van der Waals surface area contributed by atoms with Crippen LogP contribution in [0.4, 0.5) is 0 Å². The quantitative estimate of drug-likeness (QED) is 0.710. The van der Waals surface area contributed by atoms with Gasteiger partial charge in [-0.15, -0.1) is 0 Å². The van der Waals surface area contributed by atoms with Crippen LogP contribution in [0, 0.1) is 0 Å². The summed E-state index contributed by atoms with van der Waals surface area (Å²) in [4.78, 5) is 20.5. The number of hydrogen-bond acceptors (Lipinski definition) is 4. The van der Waals surface area contributed by atoms with Gasteiger partial charge in [-0.25, -0.2) is 4.98 Å². The number of aromatic nitrogens is 5. The van der Waals surface area contributed by atoms with Gasteiger partial charge in [0.1, 0.15) is 5.69 Å². The van der Waals surface area contributed by atoms with Crippen molar-refractivity contribution in [3.8, 4) is 11.1 Å². The van der Waals surface area contributed by atoms with Gasteiger partial charge in [-0.2, -0.15) is 5.10 Å². The van der Waals surface area contributed by atoms with Crippen molar-refractivity contribution in [3.05, 3.63) is 54.6 Å². The standard InChI is InChI=1S/C19H22N6O/c1-2-24-13-21-12-17(24)19(26)22-9-10-25-18(15-3-4-15)16(11-23-25)14-5-7-20-8-6-14/h5-8,11-13,15H,2-4,9-10H2,1H3,(H,22,26).